The van der Waals surface area contributed by atoms with Gasteiger partial charge < -0.3 is 14.4 Å². The van der Waals surface area contributed by atoms with E-state index in [0.29, 0.717) is 37.2 Å². The van der Waals surface area contributed by atoms with E-state index < -0.39 is 5.60 Å². The number of carbonyl (C=O) groups excluding carboxylic acids is 2. The lowest BCUT2D eigenvalue weighted by atomic mass is 9.91. The second-order valence-corrected chi connectivity index (χ2v) is 9.11. The maximum absolute atomic E-state index is 13.5. The fourth-order valence-electron chi connectivity index (χ4n) is 5.49. The predicted octanol–water partition coefficient (Wildman–Crippen LogP) is 4.45. The first-order valence-electron chi connectivity index (χ1n) is 11.5. The van der Waals surface area contributed by atoms with Crippen molar-refractivity contribution < 1.29 is 19.1 Å². The standard InChI is InChI=1S/C28H25NO4/c30-26(29-14-15-32-28(18-29)13-12-19-6-4-5-9-24(19)28)21-10-11-23-22(16-21)17-25(33-27(23)31)20-7-2-1-3-8-20/h1-11,16,25H,12-15,17-18H2. The molecule has 3 aromatic carbocycles. The Morgan fingerprint density at radius 1 is 0.970 bits per heavy atom. The molecule has 2 aliphatic heterocycles. The maximum atomic E-state index is 13.5. The van der Waals surface area contributed by atoms with Gasteiger partial charge in [0, 0.05) is 18.5 Å². The number of benzene rings is 3. The van der Waals surface area contributed by atoms with Gasteiger partial charge in [-0.1, -0.05) is 54.6 Å². The van der Waals surface area contributed by atoms with E-state index in [2.05, 4.69) is 18.2 Å². The number of ether oxygens (including phenoxy) is 2. The molecule has 3 aromatic rings. The number of nitrogens with zero attached hydrogens (tertiary/aromatic N) is 1. The molecule has 1 aliphatic carbocycles. The second-order valence-electron chi connectivity index (χ2n) is 9.11. The molecule has 166 valence electrons. The zero-order chi connectivity index (χ0) is 22.4. The molecule has 6 rings (SSSR count). The molecule has 0 aromatic heterocycles. The van der Waals surface area contributed by atoms with E-state index in [1.54, 1.807) is 12.1 Å². The Hall–Kier alpha value is -3.44. The smallest absolute Gasteiger partial charge is 0.339 e. The third-order valence-corrected chi connectivity index (χ3v) is 7.18. The van der Waals surface area contributed by atoms with E-state index in [1.807, 2.05) is 47.4 Å². The third-order valence-electron chi connectivity index (χ3n) is 7.18. The Morgan fingerprint density at radius 3 is 2.67 bits per heavy atom. The fourth-order valence-corrected chi connectivity index (χ4v) is 5.49. The van der Waals surface area contributed by atoms with Gasteiger partial charge in [-0.2, -0.15) is 0 Å². The second kappa shape index (κ2) is 7.85. The van der Waals surface area contributed by atoms with Crippen molar-refractivity contribution in [1.82, 2.24) is 4.90 Å². The summed E-state index contributed by atoms with van der Waals surface area (Å²) in [6, 6.07) is 23.5. The normalized spacial score (nSPS) is 23.7. The molecule has 0 saturated carbocycles. The van der Waals surface area contributed by atoms with Gasteiger partial charge in [-0.05, 0) is 53.3 Å². The molecule has 1 amide bonds. The molecule has 2 heterocycles. The van der Waals surface area contributed by atoms with Gasteiger partial charge in [0.1, 0.15) is 11.7 Å². The average molecular weight is 440 g/mol. The van der Waals surface area contributed by atoms with Crippen molar-refractivity contribution in [3.05, 3.63) is 106 Å². The van der Waals surface area contributed by atoms with Crippen molar-refractivity contribution >= 4 is 11.9 Å². The number of fused-ring (bicyclic) bond motifs is 3. The number of esters is 1. The van der Waals surface area contributed by atoms with Crippen molar-refractivity contribution in [2.75, 3.05) is 19.7 Å². The van der Waals surface area contributed by atoms with Gasteiger partial charge in [-0.3, -0.25) is 4.79 Å². The van der Waals surface area contributed by atoms with Gasteiger partial charge in [-0.25, -0.2) is 4.79 Å². The van der Waals surface area contributed by atoms with Gasteiger partial charge in [-0.15, -0.1) is 0 Å². The predicted molar refractivity (Wildman–Crippen MR) is 123 cm³/mol. The molecule has 2 atom stereocenters. The molecule has 1 saturated heterocycles. The molecule has 0 N–H and O–H groups in total. The Balaban J connectivity index is 1.26. The summed E-state index contributed by atoms with van der Waals surface area (Å²) in [5, 5.41) is 0. The van der Waals surface area contributed by atoms with Crippen LogP contribution in [0.2, 0.25) is 0 Å². The number of morpholine rings is 1. The Labute approximate surface area is 192 Å². The van der Waals surface area contributed by atoms with Crippen LogP contribution in [0.3, 0.4) is 0 Å². The van der Waals surface area contributed by atoms with Gasteiger partial charge in [0.05, 0.1) is 18.7 Å². The average Bonchev–Trinajstić information content (AvgIpc) is 3.21. The van der Waals surface area contributed by atoms with E-state index >= 15 is 0 Å². The molecule has 33 heavy (non-hydrogen) atoms. The minimum Gasteiger partial charge on any atom is -0.454 e. The van der Waals surface area contributed by atoms with Crippen LogP contribution in [0.25, 0.3) is 0 Å². The van der Waals surface area contributed by atoms with E-state index in [1.165, 1.54) is 11.1 Å². The summed E-state index contributed by atoms with van der Waals surface area (Å²) in [6.07, 6.45) is 2.09. The largest absolute Gasteiger partial charge is 0.454 e. The minimum atomic E-state index is -0.416. The van der Waals surface area contributed by atoms with Crippen LogP contribution in [0.1, 0.15) is 55.5 Å². The van der Waals surface area contributed by atoms with Gasteiger partial charge in [0.25, 0.3) is 5.91 Å². The highest BCUT2D eigenvalue weighted by Gasteiger charge is 2.44. The number of rotatable bonds is 2. The highest BCUT2D eigenvalue weighted by atomic mass is 16.5. The zero-order valence-corrected chi connectivity index (χ0v) is 18.3. The molecule has 5 heteroatoms. The molecule has 1 fully saturated rings. The molecule has 1 spiro atoms. The van der Waals surface area contributed by atoms with Crippen molar-refractivity contribution in [1.29, 1.82) is 0 Å². The number of hydrogen-bond acceptors (Lipinski definition) is 4. The highest BCUT2D eigenvalue weighted by Crippen LogP contribution is 2.42. The maximum Gasteiger partial charge on any atom is 0.339 e. The van der Waals surface area contributed by atoms with Crippen LogP contribution < -0.4 is 0 Å². The number of aryl methyl sites for hydroxylation is 1. The fraction of sp³-hybridized carbons (Fsp3) is 0.286. The number of amides is 1. The number of cyclic esters (lactones) is 1. The summed E-state index contributed by atoms with van der Waals surface area (Å²) in [4.78, 5) is 28.0. The molecular formula is C28H25NO4. The first-order valence-corrected chi connectivity index (χ1v) is 11.5. The van der Waals surface area contributed by atoms with Crippen LogP contribution in [0.4, 0.5) is 0 Å². The summed E-state index contributed by atoms with van der Waals surface area (Å²) in [6.45, 7) is 1.64. The van der Waals surface area contributed by atoms with Crippen LogP contribution >= 0.6 is 0 Å². The quantitative estimate of drug-likeness (QED) is 0.554. The van der Waals surface area contributed by atoms with Crippen molar-refractivity contribution in [2.24, 2.45) is 0 Å². The molecule has 3 aliphatic rings. The summed E-state index contributed by atoms with van der Waals surface area (Å²) in [7, 11) is 0. The van der Waals surface area contributed by atoms with Gasteiger partial charge in [0.15, 0.2) is 0 Å². The zero-order valence-electron chi connectivity index (χ0n) is 18.3. The van der Waals surface area contributed by atoms with E-state index in [9.17, 15) is 9.59 Å². The van der Waals surface area contributed by atoms with Crippen LogP contribution in [0, 0.1) is 0 Å². The summed E-state index contributed by atoms with van der Waals surface area (Å²) >= 11 is 0. The minimum absolute atomic E-state index is 0.0138. The SMILES string of the molecule is O=C1OC(c2ccccc2)Cc2cc(C(=O)N3CCOC4(CCc5ccccc54)C3)ccc21. The van der Waals surface area contributed by atoms with Crippen molar-refractivity contribution in [3.8, 4) is 0 Å². The van der Waals surface area contributed by atoms with Crippen LogP contribution in [-0.4, -0.2) is 36.5 Å². The molecular weight excluding hydrogens is 414 g/mol. The molecule has 0 radical (unpaired) electrons. The lowest BCUT2D eigenvalue weighted by Crippen LogP contribution is -2.51. The summed E-state index contributed by atoms with van der Waals surface area (Å²) < 4.78 is 11.9. The molecule has 2 unspecified atom stereocenters. The highest BCUT2D eigenvalue weighted by molar-refractivity contribution is 5.98. The Morgan fingerprint density at radius 2 is 1.79 bits per heavy atom. The van der Waals surface area contributed by atoms with Gasteiger partial charge in [0.2, 0.25) is 0 Å². The summed E-state index contributed by atoms with van der Waals surface area (Å²) in [5.74, 6) is -0.350. The van der Waals surface area contributed by atoms with E-state index in [-0.39, 0.29) is 18.0 Å². The topological polar surface area (TPSA) is 55.8 Å². The van der Waals surface area contributed by atoms with Crippen LogP contribution in [0.15, 0.2) is 72.8 Å². The molecule has 5 nitrogen and oxygen atoms in total. The number of hydrogen-bond donors (Lipinski definition) is 0. The lowest BCUT2D eigenvalue weighted by molar-refractivity contribution is -0.103. The monoisotopic (exact) mass is 439 g/mol. The van der Waals surface area contributed by atoms with Crippen LogP contribution in [0.5, 0.6) is 0 Å². The van der Waals surface area contributed by atoms with Crippen molar-refractivity contribution in [2.45, 2.75) is 31.0 Å². The Bertz CT molecular complexity index is 1230. The summed E-state index contributed by atoms with van der Waals surface area (Å²) in [5.41, 5.74) is 5.08. The number of carbonyl (C=O) groups is 2. The first-order chi connectivity index (χ1) is 16.1. The molecule has 0 bridgehead atoms. The van der Waals surface area contributed by atoms with Crippen LogP contribution in [-0.2, 0) is 27.9 Å². The van der Waals surface area contributed by atoms with Gasteiger partial charge >= 0.3 is 5.97 Å². The third kappa shape index (κ3) is 3.44. The Kier molecular flexibility index (Phi) is 4.80. The van der Waals surface area contributed by atoms with E-state index in [4.69, 9.17) is 9.47 Å². The first kappa shape index (κ1) is 20.2. The van der Waals surface area contributed by atoms with E-state index in [0.717, 1.165) is 24.0 Å². The lowest BCUT2D eigenvalue weighted by Gasteiger charge is -2.41. The van der Waals surface area contributed by atoms with Crippen molar-refractivity contribution in [3.63, 3.8) is 0 Å².